The molecule has 28 heavy (non-hydrogen) atoms. The van der Waals surface area contributed by atoms with E-state index in [-0.39, 0.29) is 5.91 Å². The van der Waals surface area contributed by atoms with Gasteiger partial charge in [0.05, 0.1) is 16.3 Å². The molecule has 3 heterocycles. The third-order valence-corrected chi connectivity index (χ3v) is 7.13. The van der Waals surface area contributed by atoms with Crippen LogP contribution in [0.1, 0.15) is 29.5 Å². The predicted octanol–water partition coefficient (Wildman–Crippen LogP) is 4.72. The van der Waals surface area contributed by atoms with Crippen molar-refractivity contribution < 1.29 is 4.79 Å². The smallest absolute Gasteiger partial charge is 0.266 e. The number of benzene rings is 1. The molecule has 0 bridgehead atoms. The van der Waals surface area contributed by atoms with Gasteiger partial charge in [0.1, 0.15) is 9.33 Å². The fourth-order valence-electron chi connectivity index (χ4n) is 3.12. The molecule has 1 aromatic carbocycles. The maximum absolute atomic E-state index is 12.8. The Bertz CT molecular complexity index is 1140. The first-order valence-corrected chi connectivity index (χ1v) is 11.0. The average Bonchev–Trinajstić information content (AvgIpc) is 3.32. The molecular weight excluding hydrogens is 408 g/mol. The van der Waals surface area contributed by atoms with E-state index in [1.165, 1.54) is 24.6 Å². The maximum Gasteiger partial charge on any atom is 0.266 e. The van der Waals surface area contributed by atoms with Gasteiger partial charge in [-0.1, -0.05) is 71.7 Å². The van der Waals surface area contributed by atoms with Gasteiger partial charge in [0.15, 0.2) is 0 Å². The van der Waals surface area contributed by atoms with Crippen LogP contribution < -0.4 is 0 Å². The standard InChI is InChI=1S/C20H16N4OS3/c1-2-10-23-18(25)15(27-20(23)26)11-14-16(12-6-4-3-5-7-12)21-19-24(14)22-17(28-19)13-8-9-13/h2-7,11,13H,1,8-10H2/b15-11-. The quantitative estimate of drug-likeness (QED) is 0.337. The largest absolute Gasteiger partial charge is 0.289 e. The zero-order chi connectivity index (χ0) is 19.3. The van der Waals surface area contributed by atoms with E-state index in [9.17, 15) is 4.79 Å². The molecule has 1 saturated carbocycles. The second-order valence-electron chi connectivity index (χ2n) is 6.70. The Morgan fingerprint density at radius 3 is 2.79 bits per heavy atom. The third-order valence-electron chi connectivity index (χ3n) is 4.68. The van der Waals surface area contributed by atoms with Gasteiger partial charge in [0.2, 0.25) is 4.96 Å². The van der Waals surface area contributed by atoms with Crippen molar-refractivity contribution in [3.8, 4) is 11.3 Å². The van der Waals surface area contributed by atoms with Gasteiger partial charge >= 0.3 is 0 Å². The van der Waals surface area contributed by atoms with Gasteiger partial charge in [-0.2, -0.15) is 5.10 Å². The first kappa shape index (κ1) is 17.8. The summed E-state index contributed by atoms with van der Waals surface area (Å²) in [7, 11) is 0. The number of fused-ring (bicyclic) bond motifs is 1. The van der Waals surface area contributed by atoms with Gasteiger partial charge in [-0.3, -0.25) is 9.69 Å². The van der Waals surface area contributed by atoms with Crippen molar-refractivity contribution in [2.75, 3.05) is 6.54 Å². The molecule has 2 aliphatic rings. The number of imidazole rings is 1. The molecule has 1 saturated heterocycles. The summed E-state index contributed by atoms with van der Waals surface area (Å²) in [5.74, 6) is 0.465. The van der Waals surface area contributed by atoms with Crippen LogP contribution in [0.25, 0.3) is 22.3 Å². The van der Waals surface area contributed by atoms with Crippen molar-refractivity contribution in [3.05, 3.63) is 58.6 Å². The Morgan fingerprint density at radius 2 is 2.07 bits per heavy atom. The summed E-state index contributed by atoms with van der Waals surface area (Å²) in [6.45, 7) is 4.12. The van der Waals surface area contributed by atoms with E-state index in [2.05, 4.69) is 6.58 Å². The molecule has 0 N–H and O–H groups in total. The molecule has 1 aliphatic carbocycles. The van der Waals surface area contributed by atoms with Crippen LogP contribution in [0.2, 0.25) is 0 Å². The number of hydrogen-bond acceptors (Lipinski definition) is 6. The van der Waals surface area contributed by atoms with Gasteiger partial charge < -0.3 is 0 Å². The van der Waals surface area contributed by atoms with Crippen LogP contribution in [0.5, 0.6) is 0 Å². The number of carbonyl (C=O) groups is 1. The van der Waals surface area contributed by atoms with E-state index in [0.717, 1.165) is 26.9 Å². The molecule has 8 heteroatoms. The van der Waals surface area contributed by atoms with E-state index < -0.39 is 0 Å². The lowest BCUT2D eigenvalue weighted by molar-refractivity contribution is -0.121. The van der Waals surface area contributed by atoms with Crippen LogP contribution in [0.4, 0.5) is 0 Å². The van der Waals surface area contributed by atoms with Crippen molar-refractivity contribution in [2.24, 2.45) is 0 Å². The second kappa shape index (κ2) is 6.95. The Labute approximate surface area is 175 Å². The summed E-state index contributed by atoms with van der Waals surface area (Å²) in [6, 6.07) is 9.99. The highest BCUT2D eigenvalue weighted by Gasteiger charge is 2.33. The molecule has 0 spiro atoms. The lowest BCUT2D eigenvalue weighted by Crippen LogP contribution is -2.27. The van der Waals surface area contributed by atoms with Crippen molar-refractivity contribution in [1.82, 2.24) is 19.5 Å². The van der Waals surface area contributed by atoms with Gasteiger partial charge in [-0.15, -0.1) is 6.58 Å². The van der Waals surface area contributed by atoms with Crippen LogP contribution in [-0.2, 0) is 4.79 Å². The monoisotopic (exact) mass is 424 g/mol. The van der Waals surface area contributed by atoms with Crippen LogP contribution >= 0.6 is 35.3 Å². The SMILES string of the molecule is C=CCN1C(=O)/C(=C/c2c(-c3ccccc3)nc3sc(C4CC4)nn23)SC1=S. The second-order valence-corrected chi connectivity index (χ2v) is 9.36. The summed E-state index contributed by atoms with van der Waals surface area (Å²) in [6.07, 6.45) is 5.94. The molecule has 2 aromatic heterocycles. The number of aromatic nitrogens is 3. The first-order chi connectivity index (χ1) is 13.7. The zero-order valence-electron chi connectivity index (χ0n) is 14.9. The number of rotatable bonds is 5. The van der Waals surface area contributed by atoms with Gasteiger partial charge in [0.25, 0.3) is 5.91 Å². The normalized spacial score (nSPS) is 18.6. The summed E-state index contributed by atoms with van der Waals surface area (Å²) in [5.41, 5.74) is 2.65. The summed E-state index contributed by atoms with van der Waals surface area (Å²) >= 11 is 8.32. The van der Waals surface area contributed by atoms with Gasteiger partial charge in [0, 0.05) is 18.0 Å². The molecule has 0 unspecified atom stereocenters. The number of nitrogens with zero attached hydrogens (tertiary/aromatic N) is 4. The lowest BCUT2D eigenvalue weighted by Gasteiger charge is -2.10. The Balaban J connectivity index is 1.65. The highest BCUT2D eigenvalue weighted by Crippen LogP contribution is 2.43. The number of thioether (sulfide) groups is 1. The van der Waals surface area contributed by atoms with Crippen LogP contribution in [0.15, 0.2) is 47.9 Å². The van der Waals surface area contributed by atoms with E-state index in [1.54, 1.807) is 22.3 Å². The minimum Gasteiger partial charge on any atom is -0.289 e. The van der Waals surface area contributed by atoms with E-state index in [0.29, 0.717) is 21.7 Å². The Morgan fingerprint density at radius 1 is 1.29 bits per heavy atom. The van der Waals surface area contributed by atoms with Crippen molar-refractivity contribution >= 4 is 56.6 Å². The summed E-state index contributed by atoms with van der Waals surface area (Å²) < 4.78 is 2.43. The van der Waals surface area contributed by atoms with Gasteiger partial charge in [-0.05, 0) is 18.9 Å². The molecule has 3 aromatic rings. The summed E-state index contributed by atoms with van der Waals surface area (Å²) in [4.78, 5) is 20.7. The van der Waals surface area contributed by atoms with Crippen molar-refractivity contribution in [3.63, 3.8) is 0 Å². The highest BCUT2D eigenvalue weighted by atomic mass is 32.2. The molecule has 140 valence electrons. The Kier molecular flexibility index (Phi) is 4.41. The number of hydrogen-bond donors (Lipinski definition) is 0. The van der Waals surface area contributed by atoms with Crippen molar-refractivity contribution in [2.45, 2.75) is 18.8 Å². The minimum atomic E-state index is -0.0958. The third kappa shape index (κ3) is 3.01. The van der Waals surface area contributed by atoms with Crippen molar-refractivity contribution in [1.29, 1.82) is 0 Å². The maximum atomic E-state index is 12.8. The van der Waals surface area contributed by atoms with E-state index in [4.69, 9.17) is 22.3 Å². The lowest BCUT2D eigenvalue weighted by atomic mass is 10.1. The van der Waals surface area contributed by atoms with Crippen LogP contribution in [0, 0.1) is 0 Å². The molecule has 0 radical (unpaired) electrons. The summed E-state index contributed by atoms with van der Waals surface area (Å²) in [5, 5.41) is 5.93. The van der Waals surface area contributed by atoms with Gasteiger partial charge in [-0.25, -0.2) is 9.50 Å². The highest BCUT2D eigenvalue weighted by molar-refractivity contribution is 8.26. The van der Waals surface area contributed by atoms with E-state index >= 15 is 0 Å². The predicted molar refractivity (Wildman–Crippen MR) is 118 cm³/mol. The zero-order valence-corrected chi connectivity index (χ0v) is 17.3. The fraction of sp³-hybridized carbons (Fsp3) is 0.200. The fourth-order valence-corrected chi connectivity index (χ4v) is 5.45. The molecule has 2 fully saturated rings. The topological polar surface area (TPSA) is 50.5 Å². The average molecular weight is 425 g/mol. The Hall–Kier alpha value is -2.29. The minimum absolute atomic E-state index is 0.0958. The van der Waals surface area contributed by atoms with Crippen LogP contribution in [0.3, 0.4) is 0 Å². The molecular formula is C20H16N4OS3. The molecule has 1 aliphatic heterocycles. The molecule has 0 atom stereocenters. The van der Waals surface area contributed by atoms with E-state index in [1.807, 2.05) is 40.9 Å². The first-order valence-electron chi connectivity index (χ1n) is 8.97. The van der Waals surface area contributed by atoms with Crippen LogP contribution in [-0.4, -0.2) is 36.3 Å². The molecule has 5 rings (SSSR count). The number of carbonyl (C=O) groups excluding carboxylic acids is 1. The number of thiocarbonyl (C=S) groups is 1. The molecule has 1 amide bonds. The number of amides is 1. The molecule has 5 nitrogen and oxygen atoms in total.